The van der Waals surface area contributed by atoms with Gasteiger partial charge < -0.3 is 10.0 Å². The lowest BCUT2D eigenvalue weighted by Gasteiger charge is -2.33. The van der Waals surface area contributed by atoms with Crippen molar-refractivity contribution < 1.29 is 10.0 Å². The zero-order chi connectivity index (χ0) is 9.19. The molecule has 0 aliphatic carbocycles. The van der Waals surface area contributed by atoms with Crippen molar-refractivity contribution in [3.05, 3.63) is 10.1 Å². The molecule has 0 bridgehead atoms. The highest BCUT2D eigenvalue weighted by Crippen LogP contribution is 2.20. The van der Waals surface area contributed by atoms with Gasteiger partial charge in [0.15, 0.2) is 0 Å². The van der Waals surface area contributed by atoms with Crippen molar-refractivity contribution in [1.29, 1.82) is 0 Å². The number of likely N-dealkylation sites (tertiary alicyclic amines) is 1. The molecule has 6 heteroatoms. The van der Waals surface area contributed by atoms with Crippen molar-refractivity contribution in [2.24, 2.45) is 0 Å². The lowest BCUT2D eigenvalue weighted by molar-refractivity contribution is -0.502. The molecule has 0 unspecified atom stereocenters. The fraction of sp³-hybridized carbons (Fsp3) is 1.00. The van der Waals surface area contributed by atoms with Crippen molar-refractivity contribution in [2.75, 3.05) is 26.7 Å². The van der Waals surface area contributed by atoms with Crippen LogP contribution in [-0.2, 0) is 0 Å². The molecule has 0 aromatic heterocycles. The average Bonchev–Trinajstić information content (AvgIpc) is 1.94. The van der Waals surface area contributed by atoms with Gasteiger partial charge in [-0.05, 0) is 19.9 Å². The number of nitro groups is 1. The molecule has 13 heavy (non-hydrogen) atoms. The highest BCUT2D eigenvalue weighted by Gasteiger charge is 2.35. The molecule has 0 aromatic carbocycles. The summed E-state index contributed by atoms with van der Waals surface area (Å²) in [6, 6.07) is 0. The molecule has 0 atom stereocenters. The van der Waals surface area contributed by atoms with E-state index in [0.717, 1.165) is 13.1 Å². The van der Waals surface area contributed by atoms with Crippen LogP contribution in [0.3, 0.4) is 0 Å². The molecule has 1 aliphatic heterocycles. The third kappa shape index (κ3) is 3.89. The van der Waals surface area contributed by atoms with Crippen LogP contribution in [0.4, 0.5) is 0 Å². The van der Waals surface area contributed by atoms with Gasteiger partial charge in [0, 0.05) is 18.0 Å². The highest BCUT2D eigenvalue weighted by atomic mass is 35.5. The topological polar surface area (TPSA) is 66.6 Å². The molecular weight excluding hydrogens is 196 g/mol. The first-order valence-corrected chi connectivity index (χ1v) is 4.05. The molecule has 1 aliphatic rings. The van der Waals surface area contributed by atoms with E-state index >= 15 is 0 Å². The summed E-state index contributed by atoms with van der Waals surface area (Å²) >= 11 is 0. The number of halogens is 1. The molecule has 0 spiro atoms. The summed E-state index contributed by atoms with van der Waals surface area (Å²) in [5.74, 6) is 0. The smallest absolute Gasteiger partial charge is 0.232 e. The van der Waals surface area contributed by atoms with E-state index < -0.39 is 10.5 Å². The Balaban J connectivity index is 0.00000144. The van der Waals surface area contributed by atoms with Crippen molar-refractivity contribution in [3.8, 4) is 0 Å². The molecule has 0 aromatic rings. The first-order valence-electron chi connectivity index (χ1n) is 4.05. The van der Waals surface area contributed by atoms with E-state index in [-0.39, 0.29) is 19.0 Å². The van der Waals surface area contributed by atoms with Crippen molar-refractivity contribution in [3.63, 3.8) is 0 Å². The molecule has 78 valence electrons. The third-order valence-electron chi connectivity index (χ3n) is 2.34. The molecule has 0 amide bonds. The number of piperidine rings is 1. The second kappa shape index (κ2) is 4.74. The Hall–Kier alpha value is -0.390. The molecule has 0 radical (unpaired) electrons. The predicted octanol–water partition coefficient (Wildman–Crippen LogP) is 0.142. The second-order valence-corrected chi connectivity index (χ2v) is 3.52. The fourth-order valence-corrected chi connectivity index (χ4v) is 1.43. The van der Waals surface area contributed by atoms with Crippen LogP contribution in [0.5, 0.6) is 0 Å². The molecule has 1 saturated heterocycles. The van der Waals surface area contributed by atoms with Crippen LogP contribution in [0.25, 0.3) is 0 Å². The van der Waals surface area contributed by atoms with Crippen molar-refractivity contribution >= 4 is 12.4 Å². The van der Waals surface area contributed by atoms with E-state index in [9.17, 15) is 15.2 Å². The Kier molecular flexibility index (Phi) is 4.60. The normalized spacial score (nSPS) is 22.0. The standard InChI is InChI=1S/C7H14N2O3.ClH/c1-8-4-2-7(10,3-5-8)6-9(11)12;/h10H,2-6H2,1H3;1H. The van der Waals surface area contributed by atoms with Gasteiger partial charge >= 0.3 is 0 Å². The van der Waals surface area contributed by atoms with E-state index in [1.165, 1.54) is 0 Å². The molecule has 1 fully saturated rings. The average molecular weight is 211 g/mol. The van der Waals surface area contributed by atoms with Crippen LogP contribution in [-0.4, -0.2) is 47.2 Å². The fourth-order valence-electron chi connectivity index (χ4n) is 1.43. The number of rotatable bonds is 2. The molecule has 5 nitrogen and oxygen atoms in total. The van der Waals surface area contributed by atoms with Gasteiger partial charge in [-0.2, -0.15) is 0 Å². The zero-order valence-corrected chi connectivity index (χ0v) is 8.42. The summed E-state index contributed by atoms with van der Waals surface area (Å²) in [6.45, 7) is 1.16. The van der Waals surface area contributed by atoms with E-state index in [2.05, 4.69) is 4.90 Å². The summed E-state index contributed by atoms with van der Waals surface area (Å²) in [5, 5.41) is 19.9. The molecule has 1 heterocycles. The molecule has 1 rings (SSSR count). The van der Waals surface area contributed by atoms with Gasteiger partial charge in [0.25, 0.3) is 0 Å². The van der Waals surface area contributed by atoms with Gasteiger partial charge in [0.05, 0.1) is 0 Å². The largest absolute Gasteiger partial charge is 0.383 e. The summed E-state index contributed by atoms with van der Waals surface area (Å²) in [4.78, 5) is 11.8. The minimum absolute atomic E-state index is 0. The second-order valence-electron chi connectivity index (χ2n) is 3.52. The molecular formula is C7H15ClN2O3. The maximum atomic E-state index is 10.2. The summed E-state index contributed by atoms with van der Waals surface area (Å²) in [6.07, 6.45) is 1.01. The number of aliphatic hydroxyl groups is 1. The van der Waals surface area contributed by atoms with Crippen LogP contribution in [0.1, 0.15) is 12.8 Å². The van der Waals surface area contributed by atoms with Gasteiger partial charge in [-0.1, -0.05) is 0 Å². The maximum absolute atomic E-state index is 10.2. The van der Waals surface area contributed by atoms with Gasteiger partial charge in [-0.15, -0.1) is 12.4 Å². The van der Waals surface area contributed by atoms with E-state index in [0.29, 0.717) is 12.8 Å². The zero-order valence-electron chi connectivity index (χ0n) is 7.60. The SMILES string of the molecule is CN1CCC(O)(C[N+](=O)[O-])CC1.Cl. The Bertz CT molecular complexity index is 181. The monoisotopic (exact) mass is 210 g/mol. The summed E-state index contributed by atoms with van der Waals surface area (Å²) in [7, 11) is 1.95. The first kappa shape index (κ1) is 12.6. The highest BCUT2D eigenvalue weighted by molar-refractivity contribution is 5.85. The van der Waals surface area contributed by atoms with Gasteiger partial charge in [0.1, 0.15) is 5.60 Å². The van der Waals surface area contributed by atoms with Crippen LogP contribution >= 0.6 is 12.4 Å². The maximum Gasteiger partial charge on any atom is 0.232 e. The first-order chi connectivity index (χ1) is 5.52. The van der Waals surface area contributed by atoms with Crippen molar-refractivity contribution in [1.82, 2.24) is 4.90 Å². The predicted molar refractivity (Wildman–Crippen MR) is 50.8 cm³/mol. The Morgan fingerprint density at radius 3 is 2.38 bits per heavy atom. The quantitative estimate of drug-likeness (QED) is 0.520. The minimum atomic E-state index is -1.06. The Morgan fingerprint density at radius 2 is 2.00 bits per heavy atom. The molecule has 0 saturated carbocycles. The molecule has 1 N–H and O–H groups in total. The number of hydrogen-bond donors (Lipinski definition) is 1. The van der Waals surface area contributed by atoms with E-state index in [1.54, 1.807) is 0 Å². The number of hydrogen-bond acceptors (Lipinski definition) is 4. The van der Waals surface area contributed by atoms with E-state index in [1.807, 2.05) is 7.05 Å². The van der Waals surface area contributed by atoms with Crippen LogP contribution < -0.4 is 0 Å². The van der Waals surface area contributed by atoms with Crippen LogP contribution in [0.15, 0.2) is 0 Å². The lowest BCUT2D eigenvalue weighted by atomic mass is 9.92. The number of nitrogens with zero attached hydrogens (tertiary/aromatic N) is 2. The van der Waals surface area contributed by atoms with E-state index in [4.69, 9.17) is 0 Å². The third-order valence-corrected chi connectivity index (χ3v) is 2.34. The Labute approximate surface area is 83.3 Å². The van der Waals surface area contributed by atoms with Gasteiger partial charge in [0.2, 0.25) is 6.54 Å². The van der Waals surface area contributed by atoms with Gasteiger partial charge in [-0.3, -0.25) is 10.1 Å². The summed E-state index contributed by atoms with van der Waals surface area (Å²) < 4.78 is 0. The lowest BCUT2D eigenvalue weighted by Crippen LogP contribution is -2.47. The Morgan fingerprint density at radius 1 is 1.54 bits per heavy atom. The van der Waals surface area contributed by atoms with Crippen LogP contribution in [0, 0.1) is 10.1 Å². The van der Waals surface area contributed by atoms with Crippen molar-refractivity contribution in [2.45, 2.75) is 18.4 Å². The van der Waals surface area contributed by atoms with Gasteiger partial charge in [-0.25, -0.2) is 0 Å². The van der Waals surface area contributed by atoms with Crippen LogP contribution in [0.2, 0.25) is 0 Å². The summed E-state index contributed by atoms with van der Waals surface area (Å²) in [5.41, 5.74) is -1.06. The minimum Gasteiger partial charge on any atom is -0.383 e.